The number of carbonyl (C=O) groups excluding carboxylic acids is 3. The lowest BCUT2D eigenvalue weighted by molar-refractivity contribution is -0.340. The van der Waals surface area contributed by atoms with Crippen molar-refractivity contribution in [2.24, 2.45) is 23.7 Å². The molecule has 13 heteroatoms. The van der Waals surface area contributed by atoms with Crippen LogP contribution >= 0.6 is 0 Å². The summed E-state index contributed by atoms with van der Waals surface area (Å²) in [7, 11) is 0. The van der Waals surface area contributed by atoms with Crippen molar-refractivity contribution in [2.45, 2.75) is 141 Å². The summed E-state index contributed by atoms with van der Waals surface area (Å²) in [5, 5.41) is 12.8. The Labute approximate surface area is 332 Å². The molecule has 12 atom stereocenters. The van der Waals surface area contributed by atoms with Gasteiger partial charge < -0.3 is 33.5 Å². The number of esters is 3. The molecule has 0 amide bonds. The van der Waals surface area contributed by atoms with Gasteiger partial charge in [0.25, 0.3) is 0 Å². The minimum atomic E-state index is -4.59. The van der Waals surface area contributed by atoms with E-state index in [9.17, 15) is 32.7 Å². The second-order valence-electron chi connectivity index (χ2n) is 16.6. The van der Waals surface area contributed by atoms with Gasteiger partial charge in [-0.3, -0.25) is 9.59 Å². The number of hydrogen-bond donors (Lipinski definition) is 1. The van der Waals surface area contributed by atoms with Crippen LogP contribution < -0.4 is 0 Å². The van der Waals surface area contributed by atoms with Crippen molar-refractivity contribution in [1.29, 1.82) is 0 Å². The van der Waals surface area contributed by atoms with Crippen LogP contribution in [0.2, 0.25) is 0 Å². The third-order valence-electron chi connectivity index (χ3n) is 12.4. The van der Waals surface area contributed by atoms with Gasteiger partial charge in [0.05, 0.1) is 29.9 Å². The smallest absolute Gasteiger partial charge is 0.416 e. The zero-order valence-corrected chi connectivity index (χ0v) is 33.7. The van der Waals surface area contributed by atoms with Gasteiger partial charge in [-0.25, -0.2) is 4.79 Å². The largest absolute Gasteiger partial charge is 0.462 e. The summed E-state index contributed by atoms with van der Waals surface area (Å²) in [6.45, 7) is 13.1. The van der Waals surface area contributed by atoms with E-state index >= 15 is 0 Å². The summed E-state index contributed by atoms with van der Waals surface area (Å²) in [5.41, 5.74) is -1.54. The van der Waals surface area contributed by atoms with E-state index in [1.807, 2.05) is 26.0 Å². The first kappa shape index (κ1) is 42.8. The highest BCUT2D eigenvalue weighted by atomic mass is 19.4. The molecule has 10 nitrogen and oxygen atoms in total. The zero-order chi connectivity index (χ0) is 41.4. The third kappa shape index (κ3) is 8.96. The van der Waals surface area contributed by atoms with Crippen molar-refractivity contribution in [1.82, 2.24) is 0 Å². The Hall–Kier alpha value is -3.78. The van der Waals surface area contributed by atoms with Gasteiger partial charge in [0.2, 0.25) is 0 Å². The second kappa shape index (κ2) is 16.8. The molecule has 57 heavy (non-hydrogen) atoms. The van der Waals surface area contributed by atoms with Crippen LogP contribution in [0.4, 0.5) is 13.2 Å². The molecular weight excluding hydrogens is 745 g/mol. The predicted molar refractivity (Wildman–Crippen MR) is 202 cm³/mol. The van der Waals surface area contributed by atoms with E-state index in [4.69, 9.17) is 28.4 Å². The molecule has 4 heterocycles. The Morgan fingerprint density at radius 3 is 2.42 bits per heavy atom. The van der Waals surface area contributed by atoms with Gasteiger partial charge in [-0.2, -0.15) is 13.2 Å². The fourth-order valence-electron chi connectivity index (χ4n) is 9.04. The van der Waals surface area contributed by atoms with Crippen molar-refractivity contribution in [3.63, 3.8) is 0 Å². The molecule has 0 saturated carbocycles. The van der Waals surface area contributed by atoms with Gasteiger partial charge >= 0.3 is 24.1 Å². The molecule has 1 spiro atoms. The number of hydrogen-bond acceptors (Lipinski definition) is 10. The lowest BCUT2D eigenvalue weighted by Gasteiger charge is -2.51. The van der Waals surface area contributed by atoms with Crippen LogP contribution in [-0.2, 0) is 44.2 Å². The second-order valence-corrected chi connectivity index (χ2v) is 16.6. The van der Waals surface area contributed by atoms with E-state index in [0.717, 1.165) is 42.7 Å². The van der Waals surface area contributed by atoms with Crippen molar-refractivity contribution in [3.05, 3.63) is 82.5 Å². The number of halogens is 3. The Morgan fingerprint density at radius 2 is 1.75 bits per heavy atom. The summed E-state index contributed by atoms with van der Waals surface area (Å²) in [5.74, 6) is -4.08. The molecule has 0 unspecified atom stereocenters. The van der Waals surface area contributed by atoms with Crippen LogP contribution in [0.25, 0.3) is 0 Å². The van der Waals surface area contributed by atoms with Crippen LogP contribution in [0.3, 0.4) is 0 Å². The van der Waals surface area contributed by atoms with Gasteiger partial charge in [-0.15, -0.1) is 0 Å². The standard InChI is InChI=1S/C44H55F3O10/c1-8-24(2)37-27(5)18-19-42(57-37)22-34-21-33(56-42)17-12-26(4)36(53-29(7)48)25(3)10-9-11-32-23-52-39-38(28(6)20-35(41(50)54-34)43(32,39)51)55-40(49)30-13-15-31(16-14-30)44(45,46)47/h9-16,20,24-25,27,33-39,51H,8,17-19,21-23H2,1-7H3/b10-9+,26-12+,32-11+/t24-,25-,27-,33+,34-,35-,36-,37+,38+,39+,42+,43+/m0/s1. The fraction of sp³-hybridized carbons (Fsp3) is 0.614. The lowest BCUT2D eigenvalue weighted by atomic mass is 9.70. The van der Waals surface area contributed by atoms with Crippen LogP contribution in [0.15, 0.2) is 71.4 Å². The van der Waals surface area contributed by atoms with Crippen LogP contribution in [0, 0.1) is 23.7 Å². The van der Waals surface area contributed by atoms with Crippen LogP contribution in [0.5, 0.6) is 0 Å². The summed E-state index contributed by atoms with van der Waals surface area (Å²) < 4.78 is 77.5. The molecule has 3 fully saturated rings. The van der Waals surface area contributed by atoms with Crippen LogP contribution in [-0.4, -0.2) is 77.6 Å². The zero-order valence-electron chi connectivity index (χ0n) is 33.7. The number of aliphatic hydroxyl groups is 1. The molecule has 1 N–H and O–H groups in total. The van der Waals surface area contributed by atoms with E-state index in [2.05, 4.69) is 20.8 Å². The van der Waals surface area contributed by atoms with E-state index < -0.39 is 77.5 Å². The van der Waals surface area contributed by atoms with Gasteiger partial charge in [-0.1, -0.05) is 64.5 Å². The maximum Gasteiger partial charge on any atom is 0.416 e. The van der Waals surface area contributed by atoms with Crippen LogP contribution in [0.1, 0.15) is 103 Å². The monoisotopic (exact) mass is 800 g/mol. The normalized spacial score (nSPS) is 39.0. The van der Waals surface area contributed by atoms with Gasteiger partial charge in [0.15, 0.2) is 11.9 Å². The molecule has 1 aromatic carbocycles. The highest BCUT2D eigenvalue weighted by Gasteiger charge is 2.61. The summed E-state index contributed by atoms with van der Waals surface area (Å²) >= 11 is 0. The molecule has 312 valence electrons. The molecular formula is C44H55F3O10. The maximum atomic E-state index is 14.5. The number of alkyl halides is 3. The Kier molecular flexibility index (Phi) is 12.6. The molecule has 3 saturated heterocycles. The van der Waals surface area contributed by atoms with Gasteiger partial charge in [0, 0.05) is 32.1 Å². The predicted octanol–water partition coefficient (Wildman–Crippen LogP) is 7.99. The van der Waals surface area contributed by atoms with Crippen molar-refractivity contribution >= 4 is 17.9 Å². The first-order valence-corrected chi connectivity index (χ1v) is 20.0. The van der Waals surface area contributed by atoms with Crippen molar-refractivity contribution in [2.75, 3.05) is 6.61 Å². The molecule has 6 rings (SSSR count). The molecule has 1 aromatic rings. The minimum absolute atomic E-state index is 0.0640. The van der Waals surface area contributed by atoms with Crippen molar-refractivity contribution < 1.29 is 61.1 Å². The molecule has 5 aliphatic rings. The fourth-order valence-corrected chi connectivity index (χ4v) is 9.04. The van der Waals surface area contributed by atoms with E-state index in [0.29, 0.717) is 36.3 Å². The number of rotatable bonds is 5. The first-order valence-electron chi connectivity index (χ1n) is 20.0. The molecule has 4 aliphatic heterocycles. The van der Waals surface area contributed by atoms with E-state index in [-0.39, 0.29) is 36.5 Å². The number of carbonyl (C=O) groups is 3. The number of benzene rings is 1. The highest BCUT2D eigenvalue weighted by Crippen LogP contribution is 2.48. The summed E-state index contributed by atoms with van der Waals surface area (Å²) in [4.78, 5) is 40.1. The quantitative estimate of drug-likeness (QED) is 0.178. The number of fused-ring (bicyclic) bond motifs is 2. The topological polar surface area (TPSA) is 127 Å². The van der Waals surface area contributed by atoms with Gasteiger partial charge in [-0.05, 0) is 79.5 Å². The molecule has 0 radical (unpaired) electrons. The van der Waals surface area contributed by atoms with E-state index in [1.165, 1.54) is 13.0 Å². The summed E-state index contributed by atoms with van der Waals surface area (Å²) in [6.07, 6.45) is 3.41. The summed E-state index contributed by atoms with van der Waals surface area (Å²) in [6, 6.07) is 3.63. The molecule has 1 aliphatic carbocycles. The minimum Gasteiger partial charge on any atom is -0.462 e. The Bertz CT molecular complexity index is 1790. The average Bonchev–Trinajstić information content (AvgIpc) is 3.49. The molecule has 0 aromatic heterocycles. The third-order valence-corrected chi connectivity index (χ3v) is 12.4. The Balaban J connectivity index is 1.38. The Morgan fingerprint density at radius 1 is 1.04 bits per heavy atom. The number of allylic oxidation sites excluding steroid dienone is 2. The van der Waals surface area contributed by atoms with E-state index in [1.54, 1.807) is 19.1 Å². The SMILES string of the molecule is CC[C@H](C)[C@H]1O[C@]2(CC[C@@H]1C)C[C@@H]1C[C@@H](C/C=C(\C)[C@@H](OC(C)=O)[C@@H](C)/C=C/C=C3\CO[C@@H]4[C@H](OC(=O)c5ccc(C(F)(F)F)cc5)C(C)=C[C@@H](C(=O)O1)[C@]34O)O2. The maximum absolute atomic E-state index is 14.5. The first-order chi connectivity index (χ1) is 26.8. The van der Waals surface area contributed by atoms with Gasteiger partial charge in [0.1, 0.15) is 29.8 Å². The number of ether oxygens (including phenoxy) is 6. The van der Waals surface area contributed by atoms with Crippen molar-refractivity contribution in [3.8, 4) is 0 Å². The highest BCUT2D eigenvalue weighted by molar-refractivity contribution is 5.90. The average molecular weight is 801 g/mol. The molecule has 2 bridgehead atoms. The lowest BCUT2D eigenvalue weighted by Crippen LogP contribution is -2.59.